The smallest absolute Gasteiger partial charge is 0.00125 e. The average Bonchev–Trinajstić information content (AvgIpc) is 2.17. The van der Waals surface area contributed by atoms with Gasteiger partial charge in [0.05, 0.1) is 0 Å². The molecule has 2 aliphatic rings. The van der Waals surface area contributed by atoms with Crippen LogP contribution in [0.4, 0.5) is 0 Å². The number of hydrogen-bond acceptors (Lipinski definition) is 2. The molecule has 10 heavy (non-hydrogen) atoms. The zero-order valence-electron chi connectivity index (χ0n) is 6.31. The largest absolute Gasteiger partial charge is 0.316 e. The van der Waals surface area contributed by atoms with Crippen LogP contribution in [0.15, 0.2) is 0 Å². The minimum absolute atomic E-state index is 0.984. The lowest BCUT2D eigenvalue weighted by Gasteiger charge is -2.15. The first-order valence-electron chi connectivity index (χ1n) is 4.23. The SMILES string of the molecule is C1CC2CNCC1CSC2. The van der Waals surface area contributed by atoms with E-state index in [0.717, 1.165) is 11.8 Å². The molecule has 0 saturated carbocycles. The van der Waals surface area contributed by atoms with E-state index < -0.39 is 0 Å². The second-order valence-electron chi connectivity index (χ2n) is 3.51. The van der Waals surface area contributed by atoms with Crippen LogP contribution in [0, 0.1) is 11.8 Å². The molecule has 2 saturated heterocycles. The molecule has 2 rings (SSSR count). The van der Waals surface area contributed by atoms with Gasteiger partial charge in [-0.1, -0.05) is 0 Å². The van der Waals surface area contributed by atoms with E-state index in [1.54, 1.807) is 0 Å². The van der Waals surface area contributed by atoms with Crippen molar-refractivity contribution < 1.29 is 0 Å². The van der Waals surface area contributed by atoms with Crippen LogP contribution in [0.5, 0.6) is 0 Å². The summed E-state index contributed by atoms with van der Waals surface area (Å²) in [5.41, 5.74) is 0. The van der Waals surface area contributed by atoms with Crippen molar-refractivity contribution in [1.82, 2.24) is 5.32 Å². The number of fused-ring (bicyclic) bond motifs is 3. The lowest BCUT2D eigenvalue weighted by molar-refractivity contribution is 0.521. The summed E-state index contributed by atoms with van der Waals surface area (Å²) in [7, 11) is 0. The maximum absolute atomic E-state index is 3.54. The van der Waals surface area contributed by atoms with Gasteiger partial charge in [-0.2, -0.15) is 11.8 Å². The summed E-state index contributed by atoms with van der Waals surface area (Å²) in [6.45, 7) is 2.56. The van der Waals surface area contributed by atoms with Crippen LogP contribution in [-0.2, 0) is 0 Å². The Morgan fingerprint density at radius 2 is 1.60 bits per heavy atom. The first-order valence-corrected chi connectivity index (χ1v) is 5.39. The van der Waals surface area contributed by atoms with Crippen molar-refractivity contribution in [3.8, 4) is 0 Å². The Balaban J connectivity index is 2.01. The third kappa shape index (κ3) is 1.48. The molecule has 58 valence electrons. The highest BCUT2D eigenvalue weighted by atomic mass is 32.2. The molecule has 0 amide bonds. The van der Waals surface area contributed by atoms with E-state index in [1.165, 1.54) is 37.4 Å². The zero-order valence-corrected chi connectivity index (χ0v) is 7.12. The lowest BCUT2D eigenvalue weighted by atomic mass is 10.0. The van der Waals surface area contributed by atoms with Crippen LogP contribution in [-0.4, -0.2) is 24.6 Å². The molecule has 2 aliphatic heterocycles. The molecule has 0 aromatic rings. The van der Waals surface area contributed by atoms with Gasteiger partial charge in [-0.25, -0.2) is 0 Å². The molecule has 1 nitrogen and oxygen atoms in total. The van der Waals surface area contributed by atoms with Crippen LogP contribution < -0.4 is 5.32 Å². The van der Waals surface area contributed by atoms with E-state index in [-0.39, 0.29) is 0 Å². The predicted molar refractivity (Wildman–Crippen MR) is 46.4 cm³/mol. The van der Waals surface area contributed by atoms with Crippen LogP contribution in [0.2, 0.25) is 0 Å². The molecular weight excluding hydrogens is 142 g/mol. The molecule has 1 N–H and O–H groups in total. The van der Waals surface area contributed by atoms with Crippen molar-refractivity contribution in [3.05, 3.63) is 0 Å². The molecule has 2 heteroatoms. The van der Waals surface area contributed by atoms with Gasteiger partial charge in [0, 0.05) is 0 Å². The van der Waals surface area contributed by atoms with Gasteiger partial charge in [0.25, 0.3) is 0 Å². The molecule has 0 radical (unpaired) electrons. The second kappa shape index (κ2) is 3.14. The summed E-state index contributed by atoms with van der Waals surface area (Å²) in [5.74, 6) is 4.78. The summed E-state index contributed by atoms with van der Waals surface area (Å²) in [4.78, 5) is 0. The highest BCUT2D eigenvalue weighted by Gasteiger charge is 2.22. The quantitative estimate of drug-likeness (QED) is 0.569. The van der Waals surface area contributed by atoms with Crippen LogP contribution in [0.25, 0.3) is 0 Å². The fraction of sp³-hybridized carbons (Fsp3) is 1.00. The first kappa shape index (κ1) is 6.99. The topological polar surface area (TPSA) is 12.0 Å². The van der Waals surface area contributed by atoms with Gasteiger partial charge >= 0.3 is 0 Å². The average molecular weight is 157 g/mol. The lowest BCUT2D eigenvalue weighted by Crippen LogP contribution is -2.27. The van der Waals surface area contributed by atoms with Crippen molar-refractivity contribution in [3.63, 3.8) is 0 Å². The van der Waals surface area contributed by atoms with E-state index in [2.05, 4.69) is 17.1 Å². The molecule has 2 atom stereocenters. The van der Waals surface area contributed by atoms with Gasteiger partial charge in [0.15, 0.2) is 0 Å². The fourth-order valence-corrected chi connectivity index (χ4v) is 3.22. The van der Waals surface area contributed by atoms with E-state index in [4.69, 9.17) is 0 Å². The molecule has 2 bridgehead atoms. The van der Waals surface area contributed by atoms with Gasteiger partial charge in [-0.15, -0.1) is 0 Å². The Kier molecular flexibility index (Phi) is 2.19. The van der Waals surface area contributed by atoms with Crippen molar-refractivity contribution in [1.29, 1.82) is 0 Å². The minimum Gasteiger partial charge on any atom is -0.316 e. The summed E-state index contributed by atoms with van der Waals surface area (Å²) in [6, 6.07) is 0. The van der Waals surface area contributed by atoms with Gasteiger partial charge in [0.2, 0.25) is 0 Å². The van der Waals surface area contributed by atoms with Crippen LogP contribution >= 0.6 is 11.8 Å². The van der Waals surface area contributed by atoms with E-state index in [0.29, 0.717) is 0 Å². The highest BCUT2D eigenvalue weighted by Crippen LogP contribution is 2.27. The Hall–Kier alpha value is 0.310. The van der Waals surface area contributed by atoms with Crippen LogP contribution in [0.1, 0.15) is 12.8 Å². The molecule has 2 unspecified atom stereocenters. The molecule has 2 fully saturated rings. The fourth-order valence-electron chi connectivity index (χ4n) is 1.85. The summed E-state index contributed by atoms with van der Waals surface area (Å²) >= 11 is 2.17. The van der Waals surface area contributed by atoms with Crippen molar-refractivity contribution in [2.75, 3.05) is 24.6 Å². The normalized spacial score (nSPS) is 40.8. The third-order valence-electron chi connectivity index (χ3n) is 2.56. The molecule has 0 spiro atoms. The monoisotopic (exact) mass is 157 g/mol. The Morgan fingerprint density at radius 1 is 1.00 bits per heavy atom. The summed E-state index contributed by atoms with van der Waals surface area (Å²) in [5, 5.41) is 3.54. The Morgan fingerprint density at radius 3 is 2.20 bits per heavy atom. The summed E-state index contributed by atoms with van der Waals surface area (Å²) < 4.78 is 0. The maximum atomic E-state index is 3.54. The molecule has 0 aliphatic carbocycles. The van der Waals surface area contributed by atoms with Crippen LogP contribution in [0.3, 0.4) is 0 Å². The van der Waals surface area contributed by atoms with Crippen molar-refractivity contribution in [2.45, 2.75) is 12.8 Å². The van der Waals surface area contributed by atoms with E-state index >= 15 is 0 Å². The van der Waals surface area contributed by atoms with E-state index in [1.807, 2.05) is 0 Å². The number of thioether (sulfide) groups is 1. The minimum atomic E-state index is 0.984. The van der Waals surface area contributed by atoms with Gasteiger partial charge in [-0.05, 0) is 49.3 Å². The summed E-state index contributed by atoms with van der Waals surface area (Å²) in [6.07, 6.45) is 2.95. The zero-order chi connectivity index (χ0) is 6.81. The number of hydrogen-bond donors (Lipinski definition) is 1. The Labute approximate surface area is 67.0 Å². The predicted octanol–water partition coefficient (Wildman–Crippen LogP) is 1.35. The molecular formula is C8H15NS. The molecule has 0 aromatic heterocycles. The standard InChI is InChI=1S/C8H15NS/c1-2-8-4-9-3-7(1)5-10-6-8/h7-9H,1-6H2. The number of nitrogens with one attached hydrogen (secondary N) is 1. The van der Waals surface area contributed by atoms with Gasteiger partial charge < -0.3 is 5.32 Å². The third-order valence-corrected chi connectivity index (χ3v) is 3.97. The Bertz CT molecular complexity index is 93.8. The van der Waals surface area contributed by atoms with Crippen molar-refractivity contribution in [2.24, 2.45) is 11.8 Å². The van der Waals surface area contributed by atoms with E-state index in [9.17, 15) is 0 Å². The van der Waals surface area contributed by atoms with Crippen molar-refractivity contribution >= 4 is 11.8 Å². The maximum Gasteiger partial charge on any atom is -0.00125 e. The molecule has 2 heterocycles. The van der Waals surface area contributed by atoms with Gasteiger partial charge in [0.1, 0.15) is 0 Å². The molecule has 0 aromatic carbocycles. The second-order valence-corrected chi connectivity index (χ2v) is 4.58. The van der Waals surface area contributed by atoms with Gasteiger partial charge in [-0.3, -0.25) is 0 Å². The number of rotatable bonds is 0. The first-order chi connectivity index (χ1) is 4.95. The highest BCUT2D eigenvalue weighted by molar-refractivity contribution is 7.99.